The van der Waals surface area contributed by atoms with Crippen LogP contribution in [0.4, 0.5) is 18.9 Å². The molecular formula is C21H21F3N2OS. The summed E-state index contributed by atoms with van der Waals surface area (Å²) >= 11 is 1.91. The summed E-state index contributed by atoms with van der Waals surface area (Å²) in [5, 5.41) is 2.63. The van der Waals surface area contributed by atoms with Crippen molar-refractivity contribution in [2.45, 2.75) is 12.7 Å². The van der Waals surface area contributed by atoms with Crippen molar-refractivity contribution in [1.82, 2.24) is 4.90 Å². The lowest BCUT2D eigenvalue weighted by molar-refractivity contribution is -0.112. The SMILES string of the molecule is O=C(/C=C(/c1ccccc1)C(F)(F)F)Nc1ccccc1CN1CCSCC1. The van der Waals surface area contributed by atoms with Gasteiger partial charge in [-0.2, -0.15) is 24.9 Å². The highest BCUT2D eigenvalue weighted by molar-refractivity contribution is 7.99. The Morgan fingerprint density at radius 2 is 1.68 bits per heavy atom. The minimum atomic E-state index is -4.62. The molecule has 28 heavy (non-hydrogen) atoms. The van der Waals surface area contributed by atoms with Gasteiger partial charge in [0.1, 0.15) is 0 Å². The van der Waals surface area contributed by atoms with Gasteiger partial charge in [0.15, 0.2) is 0 Å². The van der Waals surface area contributed by atoms with Gasteiger partial charge in [-0.15, -0.1) is 0 Å². The Hall–Kier alpha value is -2.25. The molecule has 148 valence electrons. The Balaban J connectivity index is 1.79. The van der Waals surface area contributed by atoms with Crippen LogP contribution < -0.4 is 5.32 Å². The third kappa shape index (κ3) is 5.62. The van der Waals surface area contributed by atoms with Crippen molar-refractivity contribution in [3.05, 3.63) is 71.8 Å². The van der Waals surface area contributed by atoms with Gasteiger partial charge in [0.25, 0.3) is 0 Å². The second kappa shape index (κ2) is 9.30. The zero-order valence-electron chi connectivity index (χ0n) is 15.2. The van der Waals surface area contributed by atoms with Crippen LogP contribution in [0.5, 0.6) is 0 Å². The number of anilines is 1. The van der Waals surface area contributed by atoms with Gasteiger partial charge in [0.05, 0.1) is 5.57 Å². The number of carbonyl (C=O) groups is 1. The molecule has 1 aliphatic rings. The molecule has 3 rings (SSSR count). The highest BCUT2D eigenvalue weighted by Crippen LogP contribution is 2.33. The van der Waals surface area contributed by atoms with Crippen LogP contribution in [0.15, 0.2) is 60.7 Å². The molecule has 0 unspecified atom stereocenters. The first-order valence-electron chi connectivity index (χ1n) is 8.97. The van der Waals surface area contributed by atoms with Crippen molar-refractivity contribution in [1.29, 1.82) is 0 Å². The molecule has 1 fully saturated rings. The molecule has 0 spiro atoms. The van der Waals surface area contributed by atoms with Crippen LogP contribution in [0.25, 0.3) is 5.57 Å². The number of carbonyl (C=O) groups excluding carboxylic acids is 1. The Kier molecular flexibility index (Phi) is 6.80. The predicted molar refractivity (Wildman–Crippen MR) is 108 cm³/mol. The number of hydrogen-bond donors (Lipinski definition) is 1. The van der Waals surface area contributed by atoms with E-state index in [0.717, 1.165) is 30.2 Å². The Labute approximate surface area is 166 Å². The van der Waals surface area contributed by atoms with Crippen LogP contribution in [0.3, 0.4) is 0 Å². The summed E-state index contributed by atoms with van der Waals surface area (Å²) in [6.07, 6.45) is -3.99. The van der Waals surface area contributed by atoms with Crippen molar-refractivity contribution in [2.24, 2.45) is 0 Å². The van der Waals surface area contributed by atoms with Crippen molar-refractivity contribution >= 4 is 28.9 Å². The predicted octanol–water partition coefficient (Wildman–Crippen LogP) is 4.82. The maximum atomic E-state index is 13.4. The van der Waals surface area contributed by atoms with E-state index in [0.29, 0.717) is 18.3 Å². The number of amides is 1. The molecule has 1 N–H and O–H groups in total. The summed E-state index contributed by atoms with van der Waals surface area (Å²) in [4.78, 5) is 14.7. The van der Waals surface area contributed by atoms with Crippen molar-refractivity contribution in [3.63, 3.8) is 0 Å². The van der Waals surface area contributed by atoms with Gasteiger partial charge in [-0.05, 0) is 17.2 Å². The van der Waals surface area contributed by atoms with Crippen LogP contribution in [-0.4, -0.2) is 41.6 Å². The average molecular weight is 406 g/mol. The van der Waals surface area contributed by atoms with Gasteiger partial charge in [-0.25, -0.2) is 0 Å². The van der Waals surface area contributed by atoms with Gasteiger partial charge in [-0.1, -0.05) is 48.5 Å². The quantitative estimate of drug-likeness (QED) is 0.723. The second-order valence-corrected chi connectivity index (χ2v) is 7.68. The topological polar surface area (TPSA) is 32.3 Å². The molecule has 2 aromatic rings. The minimum Gasteiger partial charge on any atom is -0.322 e. The van der Waals surface area contributed by atoms with Crippen LogP contribution in [-0.2, 0) is 11.3 Å². The number of alkyl halides is 3. The standard InChI is InChI=1S/C21H21F3N2OS/c22-21(23,24)18(16-6-2-1-3-7-16)14-20(27)25-19-9-5-4-8-17(19)15-26-10-12-28-13-11-26/h1-9,14H,10-13,15H2,(H,25,27)/b18-14-. The fourth-order valence-electron chi connectivity index (χ4n) is 3.03. The Bertz CT molecular complexity index is 831. The van der Waals surface area contributed by atoms with Gasteiger partial charge < -0.3 is 5.32 Å². The number of thioether (sulfide) groups is 1. The second-order valence-electron chi connectivity index (χ2n) is 6.46. The number of nitrogens with zero attached hydrogens (tertiary/aromatic N) is 1. The first-order chi connectivity index (χ1) is 13.4. The molecule has 1 heterocycles. The number of para-hydroxylation sites is 1. The van der Waals surface area contributed by atoms with Crippen LogP contribution in [0.1, 0.15) is 11.1 Å². The normalized spacial score (nSPS) is 16.0. The number of halogens is 3. The number of rotatable bonds is 5. The van der Waals surface area contributed by atoms with Gasteiger partial charge in [0, 0.05) is 42.9 Å². The summed E-state index contributed by atoms with van der Waals surface area (Å²) in [6, 6.07) is 14.6. The van der Waals surface area contributed by atoms with E-state index in [4.69, 9.17) is 0 Å². The number of hydrogen-bond acceptors (Lipinski definition) is 3. The van der Waals surface area contributed by atoms with E-state index in [9.17, 15) is 18.0 Å². The minimum absolute atomic E-state index is 0.0377. The molecule has 2 aromatic carbocycles. The van der Waals surface area contributed by atoms with Crippen molar-refractivity contribution < 1.29 is 18.0 Å². The van der Waals surface area contributed by atoms with Gasteiger partial charge >= 0.3 is 6.18 Å². The van der Waals surface area contributed by atoms with Crippen LogP contribution >= 0.6 is 11.8 Å². The largest absolute Gasteiger partial charge is 0.417 e. The zero-order chi connectivity index (χ0) is 20.0. The third-order valence-corrected chi connectivity index (χ3v) is 5.38. The number of nitrogens with one attached hydrogen (secondary N) is 1. The van der Waals surface area contributed by atoms with Crippen LogP contribution in [0, 0.1) is 0 Å². The van der Waals surface area contributed by atoms with Gasteiger partial charge in [0.2, 0.25) is 5.91 Å². The van der Waals surface area contributed by atoms with E-state index in [1.807, 2.05) is 23.9 Å². The Morgan fingerprint density at radius 3 is 2.36 bits per heavy atom. The van der Waals surface area contributed by atoms with E-state index in [1.165, 1.54) is 24.3 Å². The molecule has 1 amide bonds. The summed E-state index contributed by atoms with van der Waals surface area (Å²) in [6.45, 7) is 2.57. The van der Waals surface area contributed by atoms with E-state index in [2.05, 4.69) is 10.2 Å². The van der Waals surface area contributed by atoms with Gasteiger partial charge in [-0.3, -0.25) is 9.69 Å². The number of allylic oxidation sites excluding steroid dienone is 1. The highest BCUT2D eigenvalue weighted by atomic mass is 32.2. The number of benzene rings is 2. The molecule has 0 saturated carbocycles. The van der Waals surface area contributed by atoms with E-state index in [-0.39, 0.29) is 5.56 Å². The maximum absolute atomic E-state index is 13.4. The van der Waals surface area contributed by atoms with E-state index in [1.54, 1.807) is 18.2 Å². The summed E-state index contributed by atoms with van der Waals surface area (Å²) in [5.41, 5.74) is 0.432. The fraction of sp³-hybridized carbons (Fsp3) is 0.286. The molecule has 0 radical (unpaired) electrons. The smallest absolute Gasteiger partial charge is 0.322 e. The molecule has 1 saturated heterocycles. The maximum Gasteiger partial charge on any atom is 0.417 e. The molecule has 0 aliphatic carbocycles. The lowest BCUT2D eigenvalue weighted by Gasteiger charge is -2.27. The lowest BCUT2D eigenvalue weighted by atomic mass is 10.0. The Morgan fingerprint density at radius 1 is 1.04 bits per heavy atom. The molecular weight excluding hydrogens is 385 g/mol. The third-order valence-electron chi connectivity index (χ3n) is 4.44. The molecule has 0 atom stereocenters. The zero-order valence-corrected chi connectivity index (χ0v) is 16.0. The highest BCUT2D eigenvalue weighted by Gasteiger charge is 2.35. The van der Waals surface area contributed by atoms with E-state index < -0.39 is 17.7 Å². The van der Waals surface area contributed by atoms with Crippen molar-refractivity contribution in [3.8, 4) is 0 Å². The first-order valence-corrected chi connectivity index (χ1v) is 10.1. The summed E-state index contributed by atoms with van der Waals surface area (Å²) < 4.78 is 40.3. The lowest BCUT2D eigenvalue weighted by Crippen LogP contribution is -2.32. The summed E-state index contributed by atoms with van der Waals surface area (Å²) in [5.74, 6) is 1.32. The monoisotopic (exact) mass is 406 g/mol. The van der Waals surface area contributed by atoms with Crippen molar-refractivity contribution in [2.75, 3.05) is 29.9 Å². The van der Waals surface area contributed by atoms with E-state index >= 15 is 0 Å². The molecule has 3 nitrogen and oxygen atoms in total. The molecule has 0 aromatic heterocycles. The van der Waals surface area contributed by atoms with Crippen LogP contribution in [0.2, 0.25) is 0 Å². The molecule has 7 heteroatoms. The average Bonchev–Trinajstić information content (AvgIpc) is 2.68. The first kappa shape index (κ1) is 20.5. The molecule has 0 bridgehead atoms. The fourth-order valence-corrected chi connectivity index (χ4v) is 4.01. The molecule has 1 aliphatic heterocycles. The summed E-state index contributed by atoms with van der Waals surface area (Å²) in [7, 11) is 0.